The third-order valence-corrected chi connectivity index (χ3v) is 3.68. The minimum Gasteiger partial charge on any atom is -0.351 e. The molecule has 0 radical (unpaired) electrons. The zero-order chi connectivity index (χ0) is 14.5. The highest BCUT2D eigenvalue weighted by atomic mass is 35.5. The van der Waals surface area contributed by atoms with Crippen molar-refractivity contribution in [1.82, 2.24) is 10.3 Å². The summed E-state index contributed by atoms with van der Waals surface area (Å²) < 4.78 is 0. The molecule has 0 fully saturated rings. The van der Waals surface area contributed by atoms with Gasteiger partial charge in [0.2, 0.25) is 0 Å². The van der Waals surface area contributed by atoms with Gasteiger partial charge < -0.3 is 10.3 Å². The lowest BCUT2D eigenvalue weighted by atomic mass is 10.1. The van der Waals surface area contributed by atoms with Gasteiger partial charge >= 0.3 is 0 Å². The van der Waals surface area contributed by atoms with Crippen LogP contribution in [0.25, 0.3) is 10.9 Å². The molecule has 0 saturated carbocycles. The Balaban J connectivity index is 2.00. The number of carbonyl (C=O) groups excluding carboxylic acids is 1. The summed E-state index contributed by atoms with van der Waals surface area (Å²) in [6.07, 6.45) is 4.58. The molecule has 3 nitrogen and oxygen atoms in total. The van der Waals surface area contributed by atoms with E-state index in [2.05, 4.69) is 17.2 Å². The zero-order valence-electron chi connectivity index (χ0n) is 12.0. The average Bonchev–Trinajstić information content (AvgIpc) is 2.82. The van der Waals surface area contributed by atoms with Gasteiger partial charge in [-0.25, -0.2) is 0 Å². The van der Waals surface area contributed by atoms with Crippen LogP contribution in [0.2, 0.25) is 5.02 Å². The number of benzene rings is 1. The number of nitrogens with one attached hydrogen (secondary N) is 2. The molecule has 1 heterocycles. The van der Waals surface area contributed by atoms with Gasteiger partial charge in [0.1, 0.15) is 5.69 Å². The van der Waals surface area contributed by atoms with E-state index in [-0.39, 0.29) is 11.9 Å². The fraction of sp³-hybridized carbons (Fsp3) is 0.438. The fourth-order valence-corrected chi connectivity index (χ4v) is 2.48. The molecule has 0 bridgehead atoms. The van der Waals surface area contributed by atoms with E-state index < -0.39 is 0 Å². The lowest BCUT2D eigenvalue weighted by Gasteiger charge is -2.12. The molecule has 20 heavy (non-hydrogen) atoms. The highest BCUT2D eigenvalue weighted by molar-refractivity contribution is 6.31. The van der Waals surface area contributed by atoms with Gasteiger partial charge in [0.15, 0.2) is 0 Å². The standard InChI is InChI=1S/C16H21ClN2O/c1-3-4-5-6-11(2)18-16(20)15-10-12-9-13(17)7-8-14(12)19-15/h7-11,19H,3-6H2,1-2H3,(H,18,20). The molecular formula is C16H21ClN2O. The normalized spacial score (nSPS) is 12.6. The van der Waals surface area contributed by atoms with E-state index in [9.17, 15) is 4.79 Å². The van der Waals surface area contributed by atoms with Crippen molar-refractivity contribution in [3.05, 3.63) is 35.0 Å². The Morgan fingerprint density at radius 2 is 2.15 bits per heavy atom. The Labute approximate surface area is 124 Å². The number of carbonyl (C=O) groups is 1. The van der Waals surface area contributed by atoms with E-state index in [0.717, 1.165) is 23.7 Å². The molecule has 1 atom stereocenters. The fourth-order valence-electron chi connectivity index (χ4n) is 2.30. The predicted molar refractivity (Wildman–Crippen MR) is 84.4 cm³/mol. The van der Waals surface area contributed by atoms with Crippen LogP contribution in [0.4, 0.5) is 0 Å². The number of hydrogen-bond donors (Lipinski definition) is 2. The molecule has 1 unspecified atom stereocenters. The molecule has 4 heteroatoms. The summed E-state index contributed by atoms with van der Waals surface area (Å²) in [6, 6.07) is 7.60. The SMILES string of the molecule is CCCCCC(C)NC(=O)c1cc2cc(Cl)ccc2[nH]1. The second kappa shape index (κ2) is 6.80. The zero-order valence-corrected chi connectivity index (χ0v) is 12.8. The largest absolute Gasteiger partial charge is 0.351 e. The lowest BCUT2D eigenvalue weighted by Crippen LogP contribution is -2.32. The van der Waals surface area contributed by atoms with Crippen molar-refractivity contribution in [1.29, 1.82) is 0 Å². The molecule has 0 aliphatic carbocycles. The first kappa shape index (κ1) is 14.9. The van der Waals surface area contributed by atoms with Crippen LogP contribution >= 0.6 is 11.6 Å². The van der Waals surface area contributed by atoms with Gasteiger partial charge in [0.25, 0.3) is 5.91 Å². The van der Waals surface area contributed by atoms with Crippen LogP contribution in [0.3, 0.4) is 0 Å². The van der Waals surface area contributed by atoms with Gasteiger partial charge in [-0.15, -0.1) is 0 Å². The van der Waals surface area contributed by atoms with E-state index >= 15 is 0 Å². The van der Waals surface area contributed by atoms with Crippen molar-refractivity contribution in [2.75, 3.05) is 0 Å². The third kappa shape index (κ3) is 3.76. The van der Waals surface area contributed by atoms with E-state index in [1.807, 2.05) is 31.2 Å². The minimum atomic E-state index is -0.0543. The summed E-state index contributed by atoms with van der Waals surface area (Å²) in [5.74, 6) is -0.0543. The first-order valence-corrected chi connectivity index (χ1v) is 7.57. The van der Waals surface area contributed by atoms with Crippen LogP contribution in [0, 0.1) is 0 Å². The van der Waals surface area contributed by atoms with Crippen molar-refractivity contribution >= 4 is 28.4 Å². The van der Waals surface area contributed by atoms with E-state index in [1.54, 1.807) is 0 Å². The molecule has 0 aliphatic heterocycles. The van der Waals surface area contributed by atoms with Gasteiger partial charge in [0.05, 0.1) is 0 Å². The molecule has 2 N–H and O–H groups in total. The molecule has 0 aliphatic rings. The average molecular weight is 293 g/mol. The third-order valence-electron chi connectivity index (χ3n) is 3.45. The van der Waals surface area contributed by atoms with Crippen molar-refractivity contribution in [2.24, 2.45) is 0 Å². The summed E-state index contributed by atoms with van der Waals surface area (Å²) >= 11 is 5.95. The molecule has 2 aromatic rings. The number of unbranched alkanes of at least 4 members (excludes halogenated alkanes) is 2. The molecule has 2 rings (SSSR count). The van der Waals surface area contributed by atoms with Gasteiger partial charge in [-0.1, -0.05) is 37.8 Å². The van der Waals surface area contributed by atoms with Crippen LogP contribution < -0.4 is 5.32 Å². The number of amides is 1. The van der Waals surface area contributed by atoms with Crippen molar-refractivity contribution in [2.45, 2.75) is 45.6 Å². The number of aromatic amines is 1. The highest BCUT2D eigenvalue weighted by Crippen LogP contribution is 2.20. The quantitative estimate of drug-likeness (QED) is 0.755. The van der Waals surface area contributed by atoms with Crippen LogP contribution in [-0.4, -0.2) is 16.9 Å². The Hall–Kier alpha value is -1.48. The molecular weight excluding hydrogens is 272 g/mol. The Morgan fingerprint density at radius 1 is 1.35 bits per heavy atom. The monoisotopic (exact) mass is 292 g/mol. The Morgan fingerprint density at radius 3 is 2.90 bits per heavy atom. The van der Waals surface area contributed by atoms with E-state index in [1.165, 1.54) is 12.8 Å². The maximum absolute atomic E-state index is 12.2. The van der Waals surface area contributed by atoms with Crippen LogP contribution in [0.5, 0.6) is 0 Å². The van der Waals surface area contributed by atoms with E-state index in [0.29, 0.717) is 10.7 Å². The topological polar surface area (TPSA) is 44.9 Å². The first-order valence-electron chi connectivity index (χ1n) is 7.19. The Bertz CT molecular complexity index is 591. The van der Waals surface area contributed by atoms with Crippen molar-refractivity contribution in [3.8, 4) is 0 Å². The molecule has 1 amide bonds. The Kier molecular flexibility index (Phi) is 5.07. The molecule has 108 valence electrons. The molecule has 1 aromatic carbocycles. The van der Waals surface area contributed by atoms with Gasteiger partial charge in [-0.2, -0.15) is 0 Å². The highest BCUT2D eigenvalue weighted by Gasteiger charge is 2.12. The minimum absolute atomic E-state index is 0.0543. The second-order valence-electron chi connectivity index (χ2n) is 5.28. The predicted octanol–water partition coefficient (Wildman–Crippen LogP) is 4.52. The smallest absolute Gasteiger partial charge is 0.267 e. The number of hydrogen-bond acceptors (Lipinski definition) is 1. The maximum atomic E-state index is 12.2. The lowest BCUT2D eigenvalue weighted by molar-refractivity contribution is 0.0933. The summed E-state index contributed by atoms with van der Waals surface area (Å²) in [4.78, 5) is 15.3. The number of H-pyrrole nitrogens is 1. The maximum Gasteiger partial charge on any atom is 0.267 e. The van der Waals surface area contributed by atoms with Crippen LogP contribution in [0.15, 0.2) is 24.3 Å². The molecule has 1 aromatic heterocycles. The number of rotatable bonds is 6. The van der Waals surface area contributed by atoms with E-state index in [4.69, 9.17) is 11.6 Å². The summed E-state index contributed by atoms with van der Waals surface area (Å²) in [5.41, 5.74) is 1.52. The van der Waals surface area contributed by atoms with Gasteiger partial charge in [-0.3, -0.25) is 4.79 Å². The molecule has 0 saturated heterocycles. The van der Waals surface area contributed by atoms with Crippen molar-refractivity contribution < 1.29 is 4.79 Å². The second-order valence-corrected chi connectivity index (χ2v) is 5.72. The first-order chi connectivity index (χ1) is 9.60. The van der Waals surface area contributed by atoms with Crippen LogP contribution in [-0.2, 0) is 0 Å². The van der Waals surface area contributed by atoms with Crippen molar-refractivity contribution in [3.63, 3.8) is 0 Å². The summed E-state index contributed by atoms with van der Waals surface area (Å²) in [6.45, 7) is 4.23. The summed E-state index contributed by atoms with van der Waals surface area (Å²) in [7, 11) is 0. The molecule has 0 spiro atoms. The summed E-state index contributed by atoms with van der Waals surface area (Å²) in [5, 5.41) is 4.66. The number of fused-ring (bicyclic) bond motifs is 1. The van der Waals surface area contributed by atoms with Gasteiger partial charge in [-0.05, 0) is 37.6 Å². The number of aromatic nitrogens is 1. The number of halogens is 1. The van der Waals surface area contributed by atoms with Crippen LogP contribution in [0.1, 0.15) is 50.0 Å². The van der Waals surface area contributed by atoms with Gasteiger partial charge in [0, 0.05) is 22.0 Å².